The lowest BCUT2D eigenvalue weighted by Gasteiger charge is -2.00. The molecule has 0 saturated carbocycles. The van der Waals surface area contributed by atoms with Crippen LogP contribution >= 0.6 is 0 Å². The minimum absolute atomic E-state index is 0.0828. The Morgan fingerprint density at radius 2 is 2.07 bits per heavy atom. The summed E-state index contributed by atoms with van der Waals surface area (Å²) in [4.78, 5) is 31.7. The summed E-state index contributed by atoms with van der Waals surface area (Å²) in [5, 5.41) is 12.4. The Bertz CT molecular complexity index is 428. The summed E-state index contributed by atoms with van der Waals surface area (Å²) in [6.45, 7) is 1.19. The van der Waals surface area contributed by atoms with E-state index in [1.165, 1.54) is 25.1 Å². The molecule has 0 aromatic heterocycles. The minimum Gasteiger partial charge on any atom is -0.293 e. The zero-order chi connectivity index (χ0) is 11.4. The van der Waals surface area contributed by atoms with Crippen LogP contribution in [0.1, 0.15) is 17.3 Å². The first-order valence-corrected chi connectivity index (χ1v) is 4.07. The van der Waals surface area contributed by atoms with Gasteiger partial charge in [0, 0.05) is 24.6 Å². The third kappa shape index (κ3) is 2.87. The van der Waals surface area contributed by atoms with Crippen molar-refractivity contribution < 1.29 is 14.5 Å². The van der Waals surface area contributed by atoms with Gasteiger partial charge in [-0.05, 0) is 6.07 Å². The van der Waals surface area contributed by atoms with Crippen molar-refractivity contribution in [1.82, 2.24) is 5.32 Å². The van der Waals surface area contributed by atoms with Gasteiger partial charge in [0.05, 0.1) is 4.92 Å². The molecule has 0 atom stereocenters. The van der Waals surface area contributed by atoms with Gasteiger partial charge in [-0.25, -0.2) is 0 Å². The molecule has 0 aliphatic heterocycles. The van der Waals surface area contributed by atoms with E-state index in [-0.39, 0.29) is 11.3 Å². The van der Waals surface area contributed by atoms with Gasteiger partial charge in [0.1, 0.15) is 0 Å². The van der Waals surface area contributed by atoms with Crippen LogP contribution in [0.15, 0.2) is 24.3 Å². The van der Waals surface area contributed by atoms with E-state index in [4.69, 9.17) is 0 Å². The first kappa shape index (κ1) is 10.8. The van der Waals surface area contributed by atoms with Crippen molar-refractivity contribution in [2.75, 3.05) is 0 Å². The fourth-order valence-electron chi connectivity index (χ4n) is 0.993. The van der Waals surface area contributed by atoms with Crippen molar-refractivity contribution in [2.24, 2.45) is 0 Å². The van der Waals surface area contributed by atoms with E-state index in [1.807, 2.05) is 5.32 Å². The largest absolute Gasteiger partial charge is 0.293 e. The number of benzene rings is 1. The molecule has 1 rings (SSSR count). The first-order valence-electron chi connectivity index (χ1n) is 4.07. The maximum Gasteiger partial charge on any atom is 0.270 e. The number of non-ortho nitro benzene ring substituents is 1. The Labute approximate surface area is 85.1 Å². The summed E-state index contributed by atoms with van der Waals surface area (Å²) in [6.07, 6.45) is 0. The molecule has 6 nitrogen and oxygen atoms in total. The molecule has 1 aromatic carbocycles. The highest BCUT2D eigenvalue weighted by molar-refractivity contribution is 6.04. The number of hydrogen-bond donors (Lipinski definition) is 1. The highest BCUT2D eigenvalue weighted by atomic mass is 16.6. The quantitative estimate of drug-likeness (QED) is 0.576. The second-order valence-corrected chi connectivity index (χ2v) is 2.82. The predicted molar refractivity (Wildman–Crippen MR) is 51.2 cm³/mol. The Kier molecular flexibility index (Phi) is 3.12. The predicted octanol–water partition coefficient (Wildman–Crippen LogP) is 0.871. The summed E-state index contributed by atoms with van der Waals surface area (Å²) in [5.74, 6) is -1.15. The molecule has 6 heteroatoms. The van der Waals surface area contributed by atoms with Crippen LogP contribution < -0.4 is 5.32 Å². The van der Waals surface area contributed by atoms with Gasteiger partial charge < -0.3 is 0 Å². The SMILES string of the molecule is CC(=O)NC(=O)c1cccc([N+](=O)[O-])c1. The van der Waals surface area contributed by atoms with E-state index < -0.39 is 16.7 Å². The monoisotopic (exact) mass is 208 g/mol. The van der Waals surface area contributed by atoms with Gasteiger partial charge in [0.2, 0.25) is 5.91 Å². The van der Waals surface area contributed by atoms with E-state index >= 15 is 0 Å². The van der Waals surface area contributed by atoms with Gasteiger partial charge in [-0.1, -0.05) is 6.07 Å². The lowest BCUT2D eigenvalue weighted by Crippen LogP contribution is -2.27. The highest BCUT2D eigenvalue weighted by Gasteiger charge is 2.11. The summed E-state index contributed by atoms with van der Waals surface area (Å²) in [7, 11) is 0. The first-order chi connectivity index (χ1) is 7.00. The molecule has 0 unspecified atom stereocenters. The van der Waals surface area contributed by atoms with Crippen molar-refractivity contribution in [3.63, 3.8) is 0 Å². The van der Waals surface area contributed by atoms with E-state index in [9.17, 15) is 19.7 Å². The van der Waals surface area contributed by atoms with Crippen molar-refractivity contribution in [2.45, 2.75) is 6.92 Å². The molecule has 0 bridgehead atoms. The molecule has 15 heavy (non-hydrogen) atoms. The number of hydrogen-bond acceptors (Lipinski definition) is 4. The van der Waals surface area contributed by atoms with E-state index in [1.54, 1.807) is 0 Å². The smallest absolute Gasteiger partial charge is 0.270 e. The van der Waals surface area contributed by atoms with Gasteiger partial charge in [-0.2, -0.15) is 0 Å². The number of nitrogens with one attached hydrogen (secondary N) is 1. The molecule has 0 aliphatic carbocycles. The maximum absolute atomic E-state index is 11.3. The van der Waals surface area contributed by atoms with Crippen molar-refractivity contribution in [3.05, 3.63) is 39.9 Å². The Morgan fingerprint density at radius 1 is 1.40 bits per heavy atom. The summed E-state index contributed by atoms with van der Waals surface area (Å²) >= 11 is 0. The van der Waals surface area contributed by atoms with Gasteiger partial charge >= 0.3 is 0 Å². The molecule has 0 spiro atoms. The van der Waals surface area contributed by atoms with Crippen LogP contribution in [0.3, 0.4) is 0 Å². The molecule has 0 aliphatic rings. The number of nitro benzene ring substituents is 1. The number of rotatable bonds is 2. The second kappa shape index (κ2) is 4.32. The zero-order valence-electron chi connectivity index (χ0n) is 7.89. The number of nitrogens with zero attached hydrogens (tertiary/aromatic N) is 1. The van der Waals surface area contributed by atoms with E-state index in [2.05, 4.69) is 0 Å². The Morgan fingerprint density at radius 3 is 2.60 bits per heavy atom. The van der Waals surface area contributed by atoms with Crippen LogP contribution in [0.5, 0.6) is 0 Å². The lowest BCUT2D eigenvalue weighted by atomic mass is 10.2. The van der Waals surface area contributed by atoms with Crippen LogP contribution in [0.2, 0.25) is 0 Å². The molecule has 0 heterocycles. The van der Waals surface area contributed by atoms with Crippen LogP contribution in [0.25, 0.3) is 0 Å². The lowest BCUT2D eigenvalue weighted by molar-refractivity contribution is -0.384. The van der Waals surface area contributed by atoms with Gasteiger partial charge in [0.25, 0.3) is 11.6 Å². The molecule has 0 fully saturated rings. The maximum atomic E-state index is 11.3. The van der Waals surface area contributed by atoms with Gasteiger partial charge in [-0.15, -0.1) is 0 Å². The molecule has 1 aromatic rings. The third-order valence-electron chi connectivity index (χ3n) is 1.61. The Balaban J connectivity index is 2.95. The molecule has 1 N–H and O–H groups in total. The summed E-state index contributed by atoms with van der Waals surface area (Å²) < 4.78 is 0. The summed E-state index contributed by atoms with van der Waals surface area (Å²) in [6, 6.07) is 5.15. The topological polar surface area (TPSA) is 89.3 Å². The Hall–Kier alpha value is -2.24. The number of nitro groups is 1. The normalized spacial score (nSPS) is 9.40. The third-order valence-corrected chi connectivity index (χ3v) is 1.61. The minimum atomic E-state index is -0.647. The average molecular weight is 208 g/mol. The summed E-state index contributed by atoms with van der Waals surface area (Å²) in [5.41, 5.74) is -0.106. The average Bonchev–Trinajstić information content (AvgIpc) is 2.17. The van der Waals surface area contributed by atoms with E-state index in [0.717, 1.165) is 6.07 Å². The number of imide groups is 1. The van der Waals surface area contributed by atoms with Crippen molar-refractivity contribution >= 4 is 17.5 Å². The number of carbonyl (C=O) groups is 2. The fraction of sp³-hybridized carbons (Fsp3) is 0.111. The van der Waals surface area contributed by atoms with Crippen molar-refractivity contribution in [1.29, 1.82) is 0 Å². The van der Waals surface area contributed by atoms with Crippen LogP contribution in [-0.2, 0) is 4.79 Å². The zero-order valence-corrected chi connectivity index (χ0v) is 7.89. The standard InChI is InChI=1S/C9H8N2O4/c1-6(12)10-9(13)7-3-2-4-8(5-7)11(14)15/h2-5H,1H3,(H,10,12,13). The molecular weight excluding hydrogens is 200 g/mol. The van der Waals surface area contributed by atoms with Gasteiger partial charge in [0.15, 0.2) is 0 Å². The van der Waals surface area contributed by atoms with Crippen molar-refractivity contribution in [3.8, 4) is 0 Å². The molecule has 0 radical (unpaired) electrons. The highest BCUT2D eigenvalue weighted by Crippen LogP contribution is 2.12. The number of amides is 2. The fourth-order valence-corrected chi connectivity index (χ4v) is 0.993. The number of carbonyl (C=O) groups excluding carboxylic acids is 2. The van der Waals surface area contributed by atoms with Crippen LogP contribution in [-0.4, -0.2) is 16.7 Å². The van der Waals surface area contributed by atoms with Crippen LogP contribution in [0.4, 0.5) is 5.69 Å². The van der Waals surface area contributed by atoms with Gasteiger partial charge in [-0.3, -0.25) is 25.0 Å². The molecular formula is C9H8N2O4. The molecule has 0 saturated heterocycles. The molecule has 78 valence electrons. The van der Waals surface area contributed by atoms with E-state index in [0.29, 0.717) is 0 Å². The molecule has 2 amide bonds. The van der Waals surface area contributed by atoms with Crippen LogP contribution in [0, 0.1) is 10.1 Å². The second-order valence-electron chi connectivity index (χ2n) is 2.82.